The number of aryl methyl sites for hydroxylation is 2. The van der Waals surface area contributed by atoms with Crippen molar-refractivity contribution in [3.8, 4) is 0 Å². The first-order valence-electron chi connectivity index (χ1n) is 6.71. The number of hydrogen-bond acceptors (Lipinski definition) is 2. The molecule has 2 aromatic rings. The van der Waals surface area contributed by atoms with Crippen molar-refractivity contribution < 1.29 is 0 Å². The van der Waals surface area contributed by atoms with Gasteiger partial charge >= 0.3 is 0 Å². The number of halogens is 1. The van der Waals surface area contributed by atoms with Gasteiger partial charge in [0.2, 0.25) is 0 Å². The van der Waals surface area contributed by atoms with Gasteiger partial charge in [-0.25, -0.2) is 0 Å². The summed E-state index contributed by atoms with van der Waals surface area (Å²) in [5.41, 5.74) is 4.37. The van der Waals surface area contributed by atoms with Crippen LogP contribution in [-0.2, 0) is 13.0 Å². The van der Waals surface area contributed by atoms with Crippen LogP contribution in [-0.4, -0.2) is 0 Å². The predicted molar refractivity (Wildman–Crippen MR) is 85.8 cm³/mol. The van der Waals surface area contributed by atoms with Gasteiger partial charge in [0.05, 0.1) is 0 Å². The lowest BCUT2D eigenvalue weighted by atomic mass is 10.1. The number of benzene rings is 1. The number of rotatable bonds is 3. The molecule has 1 N–H and O–H groups in total. The van der Waals surface area contributed by atoms with Gasteiger partial charge in [-0.3, -0.25) is 0 Å². The minimum atomic E-state index is 0.509. The Kier molecular flexibility index (Phi) is 3.79. The van der Waals surface area contributed by atoms with Crippen LogP contribution in [0.25, 0.3) is 0 Å². The number of hydrogen-bond donors (Lipinski definition) is 1. The second-order valence-corrected chi connectivity index (χ2v) is 7.43. The summed E-state index contributed by atoms with van der Waals surface area (Å²) < 4.78 is 1.26. The molecular formula is C16H18BrNS. The molecule has 1 aliphatic carbocycles. The summed E-state index contributed by atoms with van der Waals surface area (Å²) in [6.07, 6.45) is 2.39. The van der Waals surface area contributed by atoms with Crippen LogP contribution >= 0.6 is 27.3 Å². The molecule has 1 heterocycles. The van der Waals surface area contributed by atoms with Crippen molar-refractivity contribution in [1.29, 1.82) is 0 Å². The Balaban J connectivity index is 1.71. The largest absolute Gasteiger partial charge is 0.305 e. The van der Waals surface area contributed by atoms with Crippen molar-refractivity contribution in [2.45, 2.75) is 39.3 Å². The van der Waals surface area contributed by atoms with Crippen LogP contribution in [0, 0.1) is 13.8 Å². The van der Waals surface area contributed by atoms with E-state index >= 15 is 0 Å². The highest BCUT2D eigenvalue weighted by Crippen LogP contribution is 2.36. The summed E-state index contributed by atoms with van der Waals surface area (Å²) in [6, 6.07) is 9.37. The van der Waals surface area contributed by atoms with E-state index in [0.717, 1.165) is 6.54 Å². The maximum atomic E-state index is 3.71. The fourth-order valence-electron chi connectivity index (χ4n) is 2.78. The zero-order valence-corrected chi connectivity index (χ0v) is 13.7. The van der Waals surface area contributed by atoms with E-state index in [1.54, 1.807) is 0 Å². The lowest BCUT2D eigenvalue weighted by Gasteiger charge is -2.13. The number of thiophene rings is 1. The van der Waals surface area contributed by atoms with Crippen LogP contribution in [0.15, 0.2) is 28.7 Å². The minimum absolute atomic E-state index is 0.509. The maximum Gasteiger partial charge on any atom is 0.0329 e. The van der Waals surface area contributed by atoms with Crippen molar-refractivity contribution in [2.24, 2.45) is 0 Å². The first kappa shape index (κ1) is 13.3. The van der Waals surface area contributed by atoms with Crippen molar-refractivity contribution in [3.05, 3.63) is 55.2 Å². The molecule has 100 valence electrons. The Morgan fingerprint density at radius 3 is 2.95 bits per heavy atom. The van der Waals surface area contributed by atoms with Gasteiger partial charge in [-0.1, -0.05) is 28.1 Å². The molecule has 0 amide bonds. The van der Waals surface area contributed by atoms with Crippen molar-refractivity contribution in [3.63, 3.8) is 0 Å². The highest BCUT2D eigenvalue weighted by atomic mass is 79.9. The van der Waals surface area contributed by atoms with Crippen LogP contribution in [0.2, 0.25) is 0 Å². The van der Waals surface area contributed by atoms with Crippen LogP contribution < -0.4 is 5.32 Å². The summed E-state index contributed by atoms with van der Waals surface area (Å²) in [4.78, 5) is 2.88. The van der Waals surface area contributed by atoms with Crippen molar-refractivity contribution >= 4 is 27.3 Å². The smallest absolute Gasteiger partial charge is 0.0329 e. The Morgan fingerprint density at radius 2 is 2.21 bits per heavy atom. The molecule has 3 heteroatoms. The van der Waals surface area contributed by atoms with Gasteiger partial charge in [0.1, 0.15) is 0 Å². The molecular weight excluding hydrogens is 318 g/mol. The topological polar surface area (TPSA) is 12.0 Å². The van der Waals surface area contributed by atoms with Gasteiger partial charge in [-0.2, -0.15) is 0 Å². The second-order valence-electron chi connectivity index (χ2n) is 5.23. The van der Waals surface area contributed by atoms with Crippen molar-refractivity contribution in [2.75, 3.05) is 0 Å². The van der Waals surface area contributed by atoms with E-state index in [1.165, 1.54) is 43.8 Å². The minimum Gasteiger partial charge on any atom is -0.305 e. The maximum absolute atomic E-state index is 3.71. The highest BCUT2D eigenvalue weighted by Gasteiger charge is 2.23. The third-order valence-electron chi connectivity index (χ3n) is 3.95. The monoisotopic (exact) mass is 335 g/mol. The molecule has 0 bridgehead atoms. The van der Waals surface area contributed by atoms with Gasteiger partial charge in [-0.15, -0.1) is 11.3 Å². The number of fused-ring (bicyclic) bond motifs is 1. The highest BCUT2D eigenvalue weighted by molar-refractivity contribution is 9.10. The van der Waals surface area contributed by atoms with Gasteiger partial charge in [0.25, 0.3) is 0 Å². The molecule has 0 saturated heterocycles. The molecule has 1 aromatic heterocycles. The van der Waals surface area contributed by atoms with Crippen LogP contribution in [0.1, 0.15) is 38.9 Å². The zero-order valence-electron chi connectivity index (χ0n) is 11.3. The quantitative estimate of drug-likeness (QED) is 0.840. The van der Waals surface area contributed by atoms with Gasteiger partial charge < -0.3 is 5.32 Å². The third kappa shape index (κ3) is 2.64. The summed E-state index contributed by atoms with van der Waals surface area (Å²) in [5.74, 6) is 0. The van der Waals surface area contributed by atoms with Crippen LogP contribution in [0.4, 0.5) is 0 Å². The van der Waals surface area contributed by atoms with Gasteiger partial charge in [0, 0.05) is 26.8 Å². The van der Waals surface area contributed by atoms with Crippen LogP contribution in [0.3, 0.4) is 0 Å². The normalized spacial score (nSPS) is 17.7. The summed E-state index contributed by atoms with van der Waals surface area (Å²) in [6.45, 7) is 5.37. The average molecular weight is 336 g/mol. The lowest BCUT2D eigenvalue weighted by molar-refractivity contribution is 0.533. The van der Waals surface area contributed by atoms with Gasteiger partial charge in [-0.05, 0) is 55.5 Å². The summed E-state index contributed by atoms with van der Waals surface area (Å²) in [7, 11) is 0. The molecule has 3 rings (SSSR count). The fourth-order valence-corrected chi connectivity index (χ4v) is 4.37. The Morgan fingerprint density at radius 1 is 1.37 bits per heavy atom. The molecule has 0 saturated carbocycles. The first-order chi connectivity index (χ1) is 9.15. The van der Waals surface area contributed by atoms with E-state index in [9.17, 15) is 0 Å². The fraction of sp³-hybridized carbons (Fsp3) is 0.375. The van der Waals surface area contributed by atoms with Crippen LogP contribution in [0.5, 0.6) is 0 Å². The Labute approximate surface area is 127 Å². The zero-order chi connectivity index (χ0) is 13.4. The van der Waals surface area contributed by atoms with E-state index in [0.29, 0.717) is 6.04 Å². The average Bonchev–Trinajstić information content (AvgIpc) is 2.93. The van der Waals surface area contributed by atoms with E-state index in [4.69, 9.17) is 0 Å². The molecule has 0 radical (unpaired) electrons. The lowest BCUT2D eigenvalue weighted by Crippen LogP contribution is -2.17. The number of nitrogens with one attached hydrogen (secondary N) is 1. The second kappa shape index (κ2) is 5.39. The van der Waals surface area contributed by atoms with Crippen molar-refractivity contribution in [1.82, 2.24) is 5.32 Å². The van der Waals surface area contributed by atoms with E-state index in [2.05, 4.69) is 59.4 Å². The molecule has 1 atom stereocenters. The Bertz CT molecular complexity index is 583. The SMILES string of the molecule is Cc1cc(CNC2CCc3c(Br)cccc32)sc1C. The molecule has 1 unspecified atom stereocenters. The first-order valence-corrected chi connectivity index (χ1v) is 8.32. The third-order valence-corrected chi connectivity index (χ3v) is 5.85. The standard InChI is InChI=1S/C16H18BrNS/c1-10-8-12(19-11(10)2)9-18-16-7-6-13-14(16)4-3-5-15(13)17/h3-5,8,16,18H,6-7,9H2,1-2H3. The van der Waals surface area contributed by atoms with Gasteiger partial charge in [0.15, 0.2) is 0 Å². The molecule has 1 aromatic carbocycles. The van der Waals surface area contributed by atoms with E-state index in [-0.39, 0.29) is 0 Å². The molecule has 1 nitrogen and oxygen atoms in total. The molecule has 0 spiro atoms. The summed E-state index contributed by atoms with van der Waals surface area (Å²) in [5, 5.41) is 3.71. The predicted octanol–water partition coefficient (Wildman–Crippen LogP) is 4.90. The summed E-state index contributed by atoms with van der Waals surface area (Å²) >= 11 is 5.57. The van der Waals surface area contributed by atoms with E-state index in [1.807, 2.05) is 11.3 Å². The Hall–Kier alpha value is -0.640. The van der Waals surface area contributed by atoms with E-state index < -0.39 is 0 Å². The molecule has 0 aliphatic heterocycles. The molecule has 0 fully saturated rings. The molecule has 1 aliphatic rings. The molecule has 19 heavy (non-hydrogen) atoms.